The molecule has 0 N–H and O–H groups in total. The molecule has 0 aromatic heterocycles. The topological polar surface area (TPSA) is 17.1 Å². The predicted octanol–water partition coefficient (Wildman–Crippen LogP) is 4.08. The fraction of sp³-hybridized carbons (Fsp3) is 0.364. The second kappa shape index (κ2) is 5.35. The lowest BCUT2D eigenvalue weighted by atomic mass is 9.97. The number of hydrogen-bond donors (Lipinski definition) is 0. The molecule has 0 spiro atoms. The van der Waals surface area contributed by atoms with Crippen molar-refractivity contribution in [3.63, 3.8) is 0 Å². The van der Waals surface area contributed by atoms with Gasteiger partial charge in [-0.15, -0.1) is 0 Å². The van der Waals surface area contributed by atoms with Gasteiger partial charge in [-0.1, -0.05) is 35.0 Å². The van der Waals surface area contributed by atoms with E-state index in [-0.39, 0.29) is 11.5 Å². The van der Waals surface area contributed by atoms with Crippen LogP contribution in [0.3, 0.4) is 0 Å². The van der Waals surface area contributed by atoms with Gasteiger partial charge >= 0.3 is 0 Å². The van der Waals surface area contributed by atoms with Crippen LogP contribution in [0, 0.1) is 0 Å². The second-order valence-corrected chi connectivity index (χ2v) is 4.24. The molecule has 0 bridgehead atoms. The van der Waals surface area contributed by atoms with Crippen LogP contribution in [0.15, 0.2) is 22.7 Å². The van der Waals surface area contributed by atoms with Crippen molar-refractivity contribution >= 4 is 22.2 Å². The third-order valence-corrected chi connectivity index (χ3v) is 2.97. The summed E-state index contributed by atoms with van der Waals surface area (Å²) in [5, 5.41) is 0. The summed E-state index contributed by atoms with van der Waals surface area (Å²) < 4.78 is 25.2. The lowest BCUT2D eigenvalue weighted by Gasteiger charge is -2.10. The molecule has 1 unspecified atom stereocenters. The first-order chi connectivity index (χ1) is 7.06. The zero-order chi connectivity index (χ0) is 11.4. The fourth-order valence-electron chi connectivity index (χ4n) is 1.31. The number of aldehydes is 1. The molecule has 0 fully saturated rings. The smallest absolute Gasteiger partial charge is 0.264 e. The van der Waals surface area contributed by atoms with Crippen molar-refractivity contribution in [1.29, 1.82) is 0 Å². The molecule has 0 heterocycles. The molecule has 1 atom stereocenters. The molecule has 1 aromatic carbocycles. The highest BCUT2D eigenvalue weighted by molar-refractivity contribution is 9.10. The van der Waals surface area contributed by atoms with Crippen LogP contribution in [0.2, 0.25) is 0 Å². The van der Waals surface area contributed by atoms with Crippen LogP contribution in [0.4, 0.5) is 8.78 Å². The molecule has 4 heteroatoms. The van der Waals surface area contributed by atoms with Crippen LogP contribution in [-0.2, 0) is 4.79 Å². The van der Waals surface area contributed by atoms with Crippen molar-refractivity contribution in [2.24, 2.45) is 0 Å². The maximum atomic E-state index is 12.4. The Labute approximate surface area is 95.6 Å². The molecule has 1 aromatic rings. The molecule has 1 nitrogen and oxygen atoms in total. The predicted molar refractivity (Wildman–Crippen MR) is 58.2 cm³/mol. The maximum Gasteiger partial charge on any atom is 0.264 e. The number of alkyl halides is 2. The number of carbonyl (C=O) groups excluding carboxylic acids is 1. The van der Waals surface area contributed by atoms with E-state index in [2.05, 4.69) is 15.9 Å². The zero-order valence-electron chi connectivity index (χ0n) is 8.21. The van der Waals surface area contributed by atoms with Crippen molar-refractivity contribution in [2.45, 2.75) is 25.7 Å². The lowest BCUT2D eigenvalue weighted by Crippen LogP contribution is -1.96. The lowest BCUT2D eigenvalue weighted by molar-refractivity contribution is -0.108. The van der Waals surface area contributed by atoms with Crippen molar-refractivity contribution < 1.29 is 13.6 Å². The molecule has 0 saturated carbocycles. The molecule has 0 aliphatic heterocycles. The number of rotatable bonds is 4. The average molecular weight is 277 g/mol. The van der Waals surface area contributed by atoms with Crippen molar-refractivity contribution in [1.82, 2.24) is 0 Å². The van der Waals surface area contributed by atoms with E-state index < -0.39 is 6.43 Å². The standard InChI is InChI=1S/C11H11BrF2O/c1-7(4-5-15)8-2-3-9(11(13)14)10(12)6-8/h2-3,5-7,11H,4H2,1H3. The van der Waals surface area contributed by atoms with Gasteiger partial charge in [-0.3, -0.25) is 0 Å². The Morgan fingerprint density at radius 3 is 2.60 bits per heavy atom. The summed E-state index contributed by atoms with van der Waals surface area (Å²) in [5.41, 5.74) is 0.871. The normalized spacial score (nSPS) is 12.9. The van der Waals surface area contributed by atoms with Gasteiger partial charge in [0, 0.05) is 16.5 Å². The summed E-state index contributed by atoms with van der Waals surface area (Å²) in [6.45, 7) is 1.89. The first kappa shape index (κ1) is 12.3. The largest absolute Gasteiger partial charge is 0.303 e. The number of hydrogen-bond acceptors (Lipinski definition) is 1. The minimum absolute atomic E-state index is 0.0166. The minimum Gasteiger partial charge on any atom is -0.303 e. The van der Waals surface area contributed by atoms with Gasteiger partial charge in [0.05, 0.1) is 0 Å². The molecule has 0 amide bonds. The SMILES string of the molecule is CC(CC=O)c1ccc(C(F)F)c(Br)c1. The quantitative estimate of drug-likeness (QED) is 0.758. The van der Waals surface area contributed by atoms with Crippen LogP contribution in [-0.4, -0.2) is 6.29 Å². The molecule has 0 aliphatic rings. The molecule has 0 saturated heterocycles. The highest BCUT2D eigenvalue weighted by Gasteiger charge is 2.13. The Morgan fingerprint density at radius 1 is 1.47 bits per heavy atom. The van der Waals surface area contributed by atoms with Crippen LogP contribution < -0.4 is 0 Å². The number of benzene rings is 1. The summed E-state index contributed by atoms with van der Waals surface area (Å²) >= 11 is 3.10. The first-order valence-electron chi connectivity index (χ1n) is 4.57. The van der Waals surface area contributed by atoms with E-state index in [0.717, 1.165) is 11.8 Å². The summed E-state index contributed by atoms with van der Waals surface area (Å²) in [6.07, 6.45) is -1.24. The van der Waals surface area contributed by atoms with E-state index in [0.29, 0.717) is 10.9 Å². The van der Waals surface area contributed by atoms with Crippen LogP contribution in [0.5, 0.6) is 0 Å². The second-order valence-electron chi connectivity index (χ2n) is 3.39. The monoisotopic (exact) mass is 276 g/mol. The van der Waals surface area contributed by atoms with E-state index in [9.17, 15) is 13.6 Å². The molecular formula is C11H11BrF2O. The van der Waals surface area contributed by atoms with Crippen molar-refractivity contribution in [3.05, 3.63) is 33.8 Å². The van der Waals surface area contributed by atoms with E-state index in [1.165, 1.54) is 6.07 Å². The summed E-state index contributed by atoms with van der Waals surface area (Å²) in [5.74, 6) is 0.0607. The molecular weight excluding hydrogens is 266 g/mol. The summed E-state index contributed by atoms with van der Waals surface area (Å²) in [7, 11) is 0. The van der Waals surface area contributed by atoms with Gasteiger partial charge in [-0.05, 0) is 17.5 Å². The first-order valence-corrected chi connectivity index (χ1v) is 5.36. The fourth-order valence-corrected chi connectivity index (χ4v) is 1.88. The Morgan fingerprint density at radius 2 is 2.13 bits per heavy atom. The maximum absolute atomic E-state index is 12.4. The highest BCUT2D eigenvalue weighted by Crippen LogP contribution is 2.30. The molecule has 15 heavy (non-hydrogen) atoms. The van der Waals surface area contributed by atoms with Gasteiger partial charge in [0.15, 0.2) is 0 Å². The molecule has 0 radical (unpaired) electrons. The third-order valence-electron chi connectivity index (χ3n) is 2.28. The number of halogens is 3. The van der Waals surface area contributed by atoms with Gasteiger partial charge < -0.3 is 4.79 Å². The molecule has 82 valence electrons. The summed E-state index contributed by atoms with van der Waals surface area (Å²) in [4.78, 5) is 10.3. The Hall–Kier alpha value is -0.770. The molecule has 0 aliphatic carbocycles. The minimum atomic E-state index is -2.48. The zero-order valence-corrected chi connectivity index (χ0v) is 9.80. The van der Waals surface area contributed by atoms with E-state index in [4.69, 9.17) is 0 Å². The van der Waals surface area contributed by atoms with Gasteiger partial charge in [0.1, 0.15) is 6.29 Å². The van der Waals surface area contributed by atoms with Crippen LogP contribution >= 0.6 is 15.9 Å². The van der Waals surface area contributed by atoms with Crippen molar-refractivity contribution in [2.75, 3.05) is 0 Å². The Kier molecular flexibility index (Phi) is 4.39. The van der Waals surface area contributed by atoms with Gasteiger partial charge in [0.2, 0.25) is 0 Å². The van der Waals surface area contributed by atoms with E-state index in [1.807, 2.05) is 6.92 Å². The summed E-state index contributed by atoms with van der Waals surface area (Å²) in [6, 6.07) is 4.68. The number of carbonyl (C=O) groups is 1. The van der Waals surface area contributed by atoms with E-state index in [1.54, 1.807) is 12.1 Å². The third kappa shape index (κ3) is 3.09. The average Bonchev–Trinajstić information content (AvgIpc) is 2.17. The van der Waals surface area contributed by atoms with Crippen LogP contribution in [0.1, 0.15) is 36.8 Å². The highest BCUT2D eigenvalue weighted by atomic mass is 79.9. The Balaban J connectivity index is 2.95. The van der Waals surface area contributed by atoms with Crippen molar-refractivity contribution in [3.8, 4) is 0 Å². The van der Waals surface area contributed by atoms with Gasteiger partial charge in [0.25, 0.3) is 6.43 Å². The van der Waals surface area contributed by atoms with Gasteiger partial charge in [-0.25, -0.2) is 8.78 Å². The van der Waals surface area contributed by atoms with Gasteiger partial charge in [-0.2, -0.15) is 0 Å². The molecule has 1 rings (SSSR count). The Bertz CT molecular complexity index is 352. The van der Waals surface area contributed by atoms with E-state index >= 15 is 0 Å². The van der Waals surface area contributed by atoms with Crippen LogP contribution in [0.25, 0.3) is 0 Å².